The molecule has 0 fully saturated rings. The quantitative estimate of drug-likeness (QED) is 0.930. The van der Waals surface area contributed by atoms with Crippen LogP contribution in [0.4, 0.5) is 8.78 Å². The van der Waals surface area contributed by atoms with Crippen LogP contribution in [0.5, 0.6) is 5.75 Å². The Morgan fingerprint density at radius 1 is 1.15 bits per heavy atom. The van der Waals surface area contributed by atoms with Gasteiger partial charge in [-0.1, -0.05) is 12.1 Å². The van der Waals surface area contributed by atoms with Gasteiger partial charge in [-0.2, -0.15) is 0 Å². The Bertz CT molecular complexity index is 654. The van der Waals surface area contributed by atoms with Gasteiger partial charge in [0, 0.05) is 0 Å². The number of aromatic carboxylic acids is 1. The molecule has 0 unspecified atom stereocenters. The topological polar surface area (TPSA) is 46.5 Å². The summed E-state index contributed by atoms with van der Waals surface area (Å²) in [6.07, 6.45) is 0. The molecule has 0 saturated carbocycles. The zero-order valence-corrected chi connectivity index (χ0v) is 10.7. The molecule has 0 heterocycles. The number of carboxylic acids is 1. The minimum Gasteiger partial charge on any atom is -0.486 e. The highest BCUT2D eigenvalue weighted by Gasteiger charge is 2.11. The van der Waals surface area contributed by atoms with Crippen molar-refractivity contribution in [3.8, 4) is 5.75 Å². The van der Waals surface area contributed by atoms with Gasteiger partial charge in [-0.25, -0.2) is 13.6 Å². The number of carbonyl (C=O) groups is 1. The lowest BCUT2D eigenvalue weighted by atomic mass is 10.1. The van der Waals surface area contributed by atoms with E-state index in [-0.39, 0.29) is 12.4 Å². The number of hydrogen-bond donors (Lipinski definition) is 1. The number of benzene rings is 2. The monoisotopic (exact) mass is 278 g/mol. The molecule has 3 nitrogen and oxygen atoms in total. The van der Waals surface area contributed by atoms with Crippen LogP contribution in [0.15, 0.2) is 36.4 Å². The molecule has 0 aliphatic rings. The van der Waals surface area contributed by atoms with E-state index in [4.69, 9.17) is 9.84 Å². The van der Waals surface area contributed by atoms with E-state index < -0.39 is 23.2 Å². The van der Waals surface area contributed by atoms with Crippen molar-refractivity contribution in [1.82, 2.24) is 0 Å². The Kier molecular flexibility index (Phi) is 3.98. The van der Waals surface area contributed by atoms with Crippen molar-refractivity contribution in [2.75, 3.05) is 0 Å². The van der Waals surface area contributed by atoms with Gasteiger partial charge in [0.1, 0.15) is 12.4 Å². The van der Waals surface area contributed by atoms with E-state index in [1.165, 1.54) is 24.3 Å². The lowest BCUT2D eigenvalue weighted by molar-refractivity contribution is 0.0691. The molecule has 20 heavy (non-hydrogen) atoms. The number of hydrogen-bond acceptors (Lipinski definition) is 2. The van der Waals surface area contributed by atoms with Gasteiger partial charge < -0.3 is 9.84 Å². The Morgan fingerprint density at radius 2 is 1.85 bits per heavy atom. The first-order valence-corrected chi connectivity index (χ1v) is 5.88. The summed E-state index contributed by atoms with van der Waals surface area (Å²) < 4.78 is 32.0. The Balaban J connectivity index is 2.17. The van der Waals surface area contributed by atoms with Crippen molar-refractivity contribution in [2.45, 2.75) is 13.5 Å². The SMILES string of the molecule is Cc1ccc(F)c(OCc2ccc(F)c(C(=O)O)c2)c1. The van der Waals surface area contributed by atoms with E-state index in [9.17, 15) is 13.6 Å². The van der Waals surface area contributed by atoms with Gasteiger partial charge >= 0.3 is 5.97 Å². The minimum atomic E-state index is -1.36. The van der Waals surface area contributed by atoms with Crippen molar-refractivity contribution in [1.29, 1.82) is 0 Å². The standard InChI is InChI=1S/C15H12F2O3/c1-9-2-4-13(17)14(6-9)20-8-10-3-5-12(16)11(7-10)15(18)19/h2-7H,8H2,1H3,(H,18,19). The smallest absolute Gasteiger partial charge is 0.338 e. The molecule has 104 valence electrons. The zero-order valence-electron chi connectivity index (χ0n) is 10.7. The van der Waals surface area contributed by atoms with Crippen molar-refractivity contribution < 1.29 is 23.4 Å². The van der Waals surface area contributed by atoms with Gasteiger partial charge in [-0.05, 0) is 42.3 Å². The highest BCUT2D eigenvalue weighted by molar-refractivity contribution is 5.88. The maximum absolute atomic E-state index is 13.5. The third-order valence-corrected chi connectivity index (χ3v) is 2.74. The average Bonchev–Trinajstić information content (AvgIpc) is 2.41. The number of aryl methyl sites for hydroxylation is 1. The van der Waals surface area contributed by atoms with Gasteiger partial charge in [0.15, 0.2) is 11.6 Å². The summed E-state index contributed by atoms with van der Waals surface area (Å²) >= 11 is 0. The lowest BCUT2D eigenvalue weighted by Crippen LogP contribution is -2.04. The fourth-order valence-corrected chi connectivity index (χ4v) is 1.71. The molecule has 0 bridgehead atoms. The maximum Gasteiger partial charge on any atom is 0.338 e. The van der Waals surface area contributed by atoms with E-state index >= 15 is 0 Å². The van der Waals surface area contributed by atoms with Crippen molar-refractivity contribution in [3.05, 3.63) is 64.7 Å². The molecule has 0 saturated heterocycles. The van der Waals surface area contributed by atoms with E-state index in [1.807, 2.05) is 0 Å². The third kappa shape index (κ3) is 3.12. The molecule has 5 heteroatoms. The Hall–Kier alpha value is -2.43. The van der Waals surface area contributed by atoms with E-state index in [1.54, 1.807) is 13.0 Å². The van der Waals surface area contributed by atoms with Crippen LogP contribution in [0.2, 0.25) is 0 Å². The molecule has 0 spiro atoms. The third-order valence-electron chi connectivity index (χ3n) is 2.74. The number of carboxylic acid groups (broad SMARTS) is 1. The summed E-state index contributed by atoms with van der Waals surface area (Å²) in [5, 5.41) is 8.82. The fourth-order valence-electron chi connectivity index (χ4n) is 1.71. The molecule has 2 aromatic rings. The zero-order chi connectivity index (χ0) is 14.7. The Morgan fingerprint density at radius 3 is 2.55 bits per heavy atom. The van der Waals surface area contributed by atoms with Crippen LogP contribution in [0, 0.1) is 18.6 Å². The Labute approximate surface area is 114 Å². The van der Waals surface area contributed by atoms with Gasteiger partial charge in [-0.15, -0.1) is 0 Å². The summed E-state index contributed by atoms with van der Waals surface area (Å²) in [7, 11) is 0. The second-order valence-electron chi connectivity index (χ2n) is 4.34. The first-order valence-electron chi connectivity index (χ1n) is 5.88. The van der Waals surface area contributed by atoms with Crippen LogP contribution in [0.3, 0.4) is 0 Å². The molecule has 2 rings (SSSR count). The summed E-state index contributed by atoms with van der Waals surface area (Å²) in [6, 6.07) is 8.06. The van der Waals surface area contributed by atoms with Crippen LogP contribution in [0.1, 0.15) is 21.5 Å². The van der Waals surface area contributed by atoms with Crippen molar-refractivity contribution >= 4 is 5.97 Å². The second-order valence-corrected chi connectivity index (χ2v) is 4.34. The molecule has 0 aromatic heterocycles. The minimum absolute atomic E-state index is 0.0407. The van der Waals surface area contributed by atoms with Crippen LogP contribution < -0.4 is 4.74 Å². The van der Waals surface area contributed by atoms with E-state index in [0.29, 0.717) is 5.56 Å². The normalized spacial score (nSPS) is 10.3. The largest absolute Gasteiger partial charge is 0.486 e. The van der Waals surface area contributed by atoms with Crippen LogP contribution in [0.25, 0.3) is 0 Å². The molecule has 0 aliphatic heterocycles. The van der Waals surface area contributed by atoms with E-state index in [2.05, 4.69) is 0 Å². The molecule has 0 amide bonds. The number of rotatable bonds is 4. The van der Waals surface area contributed by atoms with Crippen LogP contribution in [-0.2, 0) is 6.61 Å². The molecule has 0 atom stereocenters. The molecule has 2 aromatic carbocycles. The molecular weight excluding hydrogens is 266 g/mol. The maximum atomic E-state index is 13.5. The molecule has 0 radical (unpaired) electrons. The van der Waals surface area contributed by atoms with E-state index in [0.717, 1.165) is 11.6 Å². The second kappa shape index (κ2) is 5.69. The van der Waals surface area contributed by atoms with Crippen molar-refractivity contribution in [3.63, 3.8) is 0 Å². The number of ether oxygens (including phenoxy) is 1. The van der Waals surface area contributed by atoms with Crippen molar-refractivity contribution in [2.24, 2.45) is 0 Å². The highest BCUT2D eigenvalue weighted by Crippen LogP contribution is 2.20. The van der Waals surface area contributed by atoms with Gasteiger partial charge in [0.05, 0.1) is 5.56 Å². The van der Waals surface area contributed by atoms with Crippen LogP contribution >= 0.6 is 0 Å². The summed E-state index contributed by atoms with van der Waals surface area (Å²) in [4.78, 5) is 10.8. The number of halogens is 2. The lowest BCUT2D eigenvalue weighted by Gasteiger charge is -2.09. The first kappa shape index (κ1) is 14.0. The molecule has 1 N–H and O–H groups in total. The molecular formula is C15H12F2O3. The molecule has 0 aliphatic carbocycles. The fraction of sp³-hybridized carbons (Fsp3) is 0.133. The van der Waals surface area contributed by atoms with Crippen LogP contribution in [-0.4, -0.2) is 11.1 Å². The average molecular weight is 278 g/mol. The predicted octanol–water partition coefficient (Wildman–Crippen LogP) is 3.55. The summed E-state index contributed by atoms with van der Waals surface area (Å²) in [6.45, 7) is 1.76. The first-order chi connectivity index (χ1) is 9.47. The van der Waals surface area contributed by atoms with Gasteiger partial charge in [0.2, 0.25) is 0 Å². The summed E-state index contributed by atoms with van der Waals surface area (Å²) in [5.41, 5.74) is 0.854. The van der Waals surface area contributed by atoms with Gasteiger partial charge in [0.25, 0.3) is 0 Å². The highest BCUT2D eigenvalue weighted by atomic mass is 19.1. The predicted molar refractivity (Wildman–Crippen MR) is 68.8 cm³/mol. The summed E-state index contributed by atoms with van der Waals surface area (Å²) in [5.74, 6) is -2.60. The van der Waals surface area contributed by atoms with Gasteiger partial charge in [-0.3, -0.25) is 0 Å².